The zero-order chi connectivity index (χ0) is 18.9. The Hall–Kier alpha value is -2.69. The smallest absolute Gasteiger partial charge is 0.351 e. The van der Waals surface area contributed by atoms with E-state index < -0.39 is 42.6 Å². The molecule has 1 aliphatic rings. The minimum absolute atomic E-state index is 0.124. The van der Waals surface area contributed by atoms with Crippen LogP contribution in [0.25, 0.3) is 0 Å². The van der Waals surface area contributed by atoms with Crippen LogP contribution in [0.3, 0.4) is 0 Å². The third-order valence-corrected chi connectivity index (χ3v) is 3.92. The lowest BCUT2D eigenvalue weighted by Crippen LogP contribution is -2.41. The summed E-state index contributed by atoms with van der Waals surface area (Å²) in [6.45, 7) is -0.833. The molecule has 3 N–H and O–H groups in total. The number of nitrogens with one attached hydrogen (secondary N) is 1. The Kier molecular flexibility index (Phi) is 4.81. The number of amides is 1. The van der Waals surface area contributed by atoms with Crippen LogP contribution in [0.1, 0.15) is 16.6 Å². The Labute approximate surface area is 145 Å². The topological polar surface area (TPSA) is 114 Å². The summed E-state index contributed by atoms with van der Waals surface area (Å²) in [5, 5.41) is 20.9. The van der Waals surface area contributed by atoms with Gasteiger partial charge in [0.25, 0.3) is 5.91 Å². The molecule has 1 fully saturated rings. The Balaban J connectivity index is 1.82. The number of aromatic nitrogens is 2. The molecule has 0 bridgehead atoms. The van der Waals surface area contributed by atoms with Gasteiger partial charge in [0.15, 0.2) is 6.10 Å². The summed E-state index contributed by atoms with van der Waals surface area (Å²) in [4.78, 5) is 27.6. The number of rotatable bonds is 4. The molecular formula is C16H15F2N3O5. The zero-order valence-electron chi connectivity index (χ0n) is 13.3. The molecule has 1 aromatic heterocycles. The SMILES string of the molecule is O=C(Nc1ccn([C@@H]2O[C@H](CO)[C@@H](O)C2(F)F)c(=O)n1)c1ccccc1. The van der Waals surface area contributed by atoms with Crippen LogP contribution < -0.4 is 11.0 Å². The van der Waals surface area contributed by atoms with Crippen LogP contribution in [0.4, 0.5) is 14.6 Å². The number of nitrogens with zero attached hydrogens (tertiary/aromatic N) is 2. The predicted molar refractivity (Wildman–Crippen MR) is 84.8 cm³/mol. The highest BCUT2D eigenvalue weighted by Gasteiger charge is 2.59. The van der Waals surface area contributed by atoms with E-state index in [1.807, 2.05) is 0 Å². The molecule has 8 nitrogen and oxygen atoms in total. The standard InChI is InChI=1S/C16H15F2N3O5/c17-16(18)12(23)10(8-22)26-14(16)21-7-6-11(20-15(21)25)19-13(24)9-4-2-1-3-5-9/h1-7,10,12,14,22-23H,8H2,(H,19,20,24,25)/t10-,12-,14-/m1/s1. The molecule has 26 heavy (non-hydrogen) atoms. The third kappa shape index (κ3) is 3.21. The first-order valence-electron chi connectivity index (χ1n) is 7.62. The largest absolute Gasteiger partial charge is 0.394 e. The molecule has 3 rings (SSSR count). The van der Waals surface area contributed by atoms with Gasteiger partial charge in [0, 0.05) is 11.8 Å². The third-order valence-electron chi connectivity index (χ3n) is 3.92. The molecule has 2 heterocycles. The lowest BCUT2D eigenvalue weighted by atomic mass is 10.1. The van der Waals surface area contributed by atoms with Crippen LogP contribution >= 0.6 is 0 Å². The van der Waals surface area contributed by atoms with Gasteiger partial charge in [-0.05, 0) is 18.2 Å². The minimum atomic E-state index is -3.80. The van der Waals surface area contributed by atoms with Gasteiger partial charge in [0.05, 0.1) is 6.61 Å². The van der Waals surface area contributed by atoms with Crippen LogP contribution in [-0.4, -0.2) is 50.4 Å². The van der Waals surface area contributed by atoms with Gasteiger partial charge in [-0.2, -0.15) is 13.8 Å². The molecule has 1 aliphatic heterocycles. The molecule has 0 radical (unpaired) electrons. The van der Waals surface area contributed by atoms with Crippen LogP contribution in [0.2, 0.25) is 0 Å². The maximum Gasteiger partial charge on any atom is 0.351 e. The number of aliphatic hydroxyl groups is 2. The maximum absolute atomic E-state index is 14.1. The van der Waals surface area contributed by atoms with Gasteiger partial charge in [-0.1, -0.05) is 18.2 Å². The second-order valence-corrected chi connectivity index (χ2v) is 5.65. The number of benzene rings is 1. The summed E-state index contributed by atoms with van der Waals surface area (Å²) < 4.78 is 33.6. The van der Waals surface area contributed by atoms with E-state index in [2.05, 4.69) is 10.3 Å². The van der Waals surface area contributed by atoms with Gasteiger partial charge in [-0.25, -0.2) is 4.79 Å². The van der Waals surface area contributed by atoms with Crippen molar-refractivity contribution >= 4 is 11.7 Å². The summed E-state index contributed by atoms with van der Waals surface area (Å²) in [6.07, 6.45) is -4.93. The summed E-state index contributed by atoms with van der Waals surface area (Å²) in [5.74, 6) is -4.44. The predicted octanol–water partition coefficient (Wildman–Crippen LogP) is 0.381. The number of alkyl halides is 2. The first kappa shape index (κ1) is 18.1. The Morgan fingerprint density at radius 2 is 2.00 bits per heavy atom. The highest BCUT2D eigenvalue weighted by molar-refractivity contribution is 6.03. The van der Waals surface area contributed by atoms with Crippen LogP contribution in [-0.2, 0) is 4.74 Å². The fourth-order valence-corrected chi connectivity index (χ4v) is 2.56. The van der Waals surface area contributed by atoms with Gasteiger partial charge in [0.2, 0.25) is 6.23 Å². The molecule has 10 heteroatoms. The molecule has 0 aliphatic carbocycles. The Morgan fingerprint density at radius 3 is 2.58 bits per heavy atom. The second-order valence-electron chi connectivity index (χ2n) is 5.65. The maximum atomic E-state index is 14.1. The van der Waals surface area contributed by atoms with Crippen molar-refractivity contribution in [3.63, 3.8) is 0 Å². The summed E-state index contributed by atoms with van der Waals surface area (Å²) >= 11 is 0. The van der Waals surface area contributed by atoms with Crippen molar-refractivity contribution in [1.29, 1.82) is 0 Å². The minimum Gasteiger partial charge on any atom is -0.394 e. The van der Waals surface area contributed by atoms with E-state index >= 15 is 0 Å². The number of aliphatic hydroxyl groups excluding tert-OH is 2. The number of halogens is 2. The highest BCUT2D eigenvalue weighted by atomic mass is 19.3. The van der Waals surface area contributed by atoms with E-state index in [9.17, 15) is 23.5 Å². The fourth-order valence-electron chi connectivity index (χ4n) is 2.56. The van der Waals surface area contributed by atoms with Crippen LogP contribution in [0.15, 0.2) is 47.4 Å². The second kappa shape index (κ2) is 6.90. The molecule has 1 aromatic carbocycles. The molecule has 0 spiro atoms. The lowest BCUT2D eigenvalue weighted by molar-refractivity contribution is -0.140. The summed E-state index contributed by atoms with van der Waals surface area (Å²) in [7, 11) is 0. The van der Waals surface area contributed by atoms with Crippen LogP contribution in [0, 0.1) is 0 Å². The Morgan fingerprint density at radius 1 is 1.31 bits per heavy atom. The quantitative estimate of drug-likeness (QED) is 0.720. The number of anilines is 1. The van der Waals surface area contributed by atoms with Crippen molar-refractivity contribution in [3.8, 4) is 0 Å². The Bertz CT molecular complexity index is 858. The number of hydrogen-bond acceptors (Lipinski definition) is 6. The first-order chi connectivity index (χ1) is 12.3. The number of carbonyl (C=O) groups excluding carboxylic acids is 1. The molecule has 0 unspecified atom stereocenters. The average Bonchev–Trinajstić information content (AvgIpc) is 2.85. The molecule has 138 valence electrons. The van der Waals surface area contributed by atoms with E-state index in [0.717, 1.165) is 12.3 Å². The van der Waals surface area contributed by atoms with Crippen molar-refractivity contribution in [2.45, 2.75) is 24.4 Å². The van der Waals surface area contributed by atoms with E-state index in [0.29, 0.717) is 10.1 Å². The number of ether oxygens (including phenoxy) is 1. The number of hydrogen-bond donors (Lipinski definition) is 3. The van der Waals surface area contributed by atoms with Crippen molar-refractivity contribution in [3.05, 3.63) is 58.6 Å². The normalized spacial score (nSPS) is 24.4. The molecule has 1 saturated heterocycles. The highest BCUT2D eigenvalue weighted by Crippen LogP contribution is 2.41. The van der Waals surface area contributed by atoms with Gasteiger partial charge >= 0.3 is 11.6 Å². The van der Waals surface area contributed by atoms with E-state index in [1.54, 1.807) is 30.3 Å². The van der Waals surface area contributed by atoms with Gasteiger partial charge in [-0.15, -0.1) is 0 Å². The van der Waals surface area contributed by atoms with Gasteiger partial charge in [0.1, 0.15) is 11.9 Å². The molecule has 3 atom stereocenters. The summed E-state index contributed by atoms with van der Waals surface area (Å²) in [5.41, 5.74) is -0.774. The van der Waals surface area contributed by atoms with Crippen molar-refractivity contribution in [2.75, 3.05) is 11.9 Å². The van der Waals surface area contributed by atoms with E-state index in [1.165, 1.54) is 0 Å². The van der Waals surface area contributed by atoms with E-state index in [4.69, 9.17) is 9.84 Å². The first-order valence-corrected chi connectivity index (χ1v) is 7.62. The van der Waals surface area contributed by atoms with Gasteiger partial charge in [-0.3, -0.25) is 9.36 Å². The van der Waals surface area contributed by atoms with E-state index in [-0.39, 0.29) is 5.82 Å². The average molecular weight is 367 g/mol. The zero-order valence-corrected chi connectivity index (χ0v) is 13.3. The molecule has 0 saturated carbocycles. The van der Waals surface area contributed by atoms with Crippen molar-refractivity contribution in [1.82, 2.24) is 9.55 Å². The van der Waals surface area contributed by atoms with Crippen LogP contribution in [0.5, 0.6) is 0 Å². The number of carbonyl (C=O) groups is 1. The molecule has 2 aromatic rings. The summed E-state index contributed by atoms with van der Waals surface area (Å²) in [6, 6.07) is 9.30. The molecule has 1 amide bonds. The lowest BCUT2D eigenvalue weighted by Gasteiger charge is -2.21. The monoisotopic (exact) mass is 367 g/mol. The van der Waals surface area contributed by atoms with Crippen molar-refractivity contribution < 1.29 is 28.5 Å². The van der Waals surface area contributed by atoms with Gasteiger partial charge < -0.3 is 20.3 Å². The van der Waals surface area contributed by atoms with Crippen molar-refractivity contribution in [2.24, 2.45) is 0 Å². The fraction of sp³-hybridized carbons (Fsp3) is 0.312. The molecular weight excluding hydrogens is 352 g/mol.